The monoisotopic (exact) mass is 907 g/mol. The molecule has 1 atom stereocenters. The Morgan fingerprint density at radius 3 is 1.00 bits per heavy atom. The largest absolute Gasteiger partial charge is 0.462 e. The Bertz CT molecular complexity index is 1560. The third-order valence-corrected chi connectivity index (χ3v) is 9.77. The van der Waals surface area contributed by atoms with Crippen LogP contribution in [0.1, 0.15) is 181 Å². The van der Waals surface area contributed by atoms with Gasteiger partial charge in [0, 0.05) is 19.3 Å². The Labute approximate surface area is 403 Å². The molecule has 6 heteroatoms. The maximum Gasteiger partial charge on any atom is 0.306 e. The van der Waals surface area contributed by atoms with E-state index in [4.69, 9.17) is 14.2 Å². The van der Waals surface area contributed by atoms with Gasteiger partial charge in [0.25, 0.3) is 0 Å². The number of hydrogen-bond donors (Lipinski definition) is 0. The summed E-state index contributed by atoms with van der Waals surface area (Å²) in [6, 6.07) is 0. The molecule has 0 aromatic rings. The Balaban J connectivity index is 4.64. The van der Waals surface area contributed by atoms with Crippen molar-refractivity contribution in [1.82, 2.24) is 0 Å². The van der Waals surface area contributed by atoms with Crippen LogP contribution in [0.2, 0.25) is 0 Å². The lowest BCUT2D eigenvalue weighted by Crippen LogP contribution is -2.30. The van der Waals surface area contributed by atoms with Crippen LogP contribution >= 0.6 is 0 Å². The van der Waals surface area contributed by atoms with Gasteiger partial charge in [-0.1, -0.05) is 204 Å². The smallest absolute Gasteiger partial charge is 0.306 e. The maximum atomic E-state index is 12.8. The molecule has 0 aromatic heterocycles. The van der Waals surface area contributed by atoms with E-state index in [1.807, 2.05) is 24.3 Å². The van der Waals surface area contributed by atoms with E-state index in [0.29, 0.717) is 19.3 Å². The Morgan fingerprint density at radius 2 is 0.621 bits per heavy atom. The average Bonchev–Trinajstić information content (AvgIpc) is 3.31. The Morgan fingerprint density at radius 1 is 0.318 bits per heavy atom. The van der Waals surface area contributed by atoms with E-state index in [0.717, 1.165) is 116 Å². The number of ether oxygens (including phenoxy) is 3. The Hall–Kier alpha value is -4.97. The lowest BCUT2D eigenvalue weighted by atomic mass is 10.1. The molecule has 0 fully saturated rings. The molecule has 0 saturated heterocycles. The summed E-state index contributed by atoms with van der Waals surface area (Å²) in [5.74, 6) is -1.15. The third-order valence-electron chi connectivity index (χ3n) is 9.77. The van der Waals surface area contributed by atoms with Crippen LogP contribution in [0, 0.1) is 0 Å². The maximum absolute atomic E-state index is 12.8. The van der Waals surface area contributed by atoms with Crippen LogP contribution in [0.4, 0.5) is 0 Å². The molecule has 0 aliphatic rings. The molecular weight excluding hydrogens is 817 g/mol. The minimum Gasteiger partial charge on any atom is -0.462 e. The molecule has 0 radical (unpaired) electrons. The first-order chi connectivity index (χ1) is 32.5. The molecule has 0 aromatic carbocycles. The molecule has 366 valence electrons. The number of carbonyl (C=O) groups excluding carboxylic acids is 3. The summed E-state index contributed by atoms with van der Waals surface area (Å²) >= 11 is 0. The van der Waals surface area contributed by atoms with Gasteiger partial charge in [-0.2, -0.15) is 0 Å². The summed E-state index contributed by atoms with van der Waals surface area (Å²) in [5, 5.41) is 0. The van der Waals surface area contributed by atoms with Crippen LogP contribution in [0.5, 0.6) is 0 Å². The highest BCUT2D eigenvalue weighted by atomic mass is 16.6. The van der Waals surface area contributed by atoms with Crippen LogP contribution in [0.15, 0.2) is 158 Å². The highest BCUT2D eigenvalue weighted by molar-refractivity contribution is 5.71. The number of esters is 3. The molecule has 0 heterocycles. The molecule has 0 spiro atoms. The van der Waals surface area contributed by atoms with Gasteiger partial charge in [0.2, 0.25) is 0 Å². The average molecular weight is 907 g/mol. The zero-order valence-corrected chi connectivity index (χ0v) is 41.6. The van der Waals surface area contributed by atoms with Crippen LogP contribution < -0.4 is 0 Å². The van der Waals surface area contributed by atoms with E-state index >= 15 is 0 Å². The highest BCUT2D eigenvalue weighted by Gasteiger charge is 2.19. The second-order valence-electron chi connectivity index (χ2n) is 16.0. The van der Waals surface area contributed by atoms with E-state index in [1.165, 1.54) is 12.8 Å². The van der Waals surface area contributed by atoms with Crippen LogP contribution in [0.3, 0.4) is 0 Å². The summed E-state index contributed by atoms with van der Waals surface area (Å²) < 4.78 is 16.6. The van der Waals surface area contributed by atoms with Gasteiger partial charge in [0.1, 0.15) is 13.2 Å². The summed E-state index contributed by atoms with van der Waals surface area (Å²) in [4.78, 5) is 37.9. The molecule has 0 amide bonds. The second-order valence-corrected chi connectivity index (χ2v) is 16.0. The summed E-state index contributed by atoms with van der Waals surface area (Å²) in [6.07, 6.45) is 76.8. The molecular formula is C60H90O6. The topological polar surface area (TPSA) is 78.9 Å². The summed E-state index contributed by atoms with van der Waals surface area (Å²) in [5.41, 5.74) is 0. The van der Waals surface area contributed by atoms with Crippen molar-refractivity contribution in [2.24, 2.45) is 0 Å². The van der Waals surface area contributed by atoms with Crippen molar-refractivity contribution in [3.8, 4) is 0 Å². The quantitative estimate of drug-likeness (QED) is 0.0262. The molecule has 0 aliphatic carbocycles. The lowest BCUT2D eigenvalue weighted by Gasteiger charge is -2.18. The van der Waals surface area contributed by atoms with Crippen LogP contribution in [-0.2, 0) is 28.6 Å². The normalized spacial score (nSPS) is 13.4. The fourth-order valence-electron chi connectivity index (χ4n) is 6.00. The van der Waals surface area contributed by atoms with Gasteiger partial charge in [0.15, 0.2) is 6.10 Å². The number of allylic oxidation sites excluding steroid dienone is 26. The predicted octanol–water partition coefficient (Wildman–Crippen LogP) is 17.0. The van der Waals surface area contributed by atoms with Crippen molar-refractivity contribution in [3.05, 3.63) is 158 Å². The van der Waals surface area contributed by atoms with Crippen molar-refractivity contribution in [3.63, 3.8) is 0 Å². The molecule has 0 aliphatic heterocycles. The fourth-order valence-corrected chi connectivity index (χ4v) is 6.00. The summed E-state index contributed by atoms with van der Waals surface area (Å²) in [7, 11) is 0. The molecule has 1 unspecified atom stereocenters. The first-order valence-electron chi connectivity index (χ1n) is 25.5. The number of rotatable bonds is 43. The molecule has 0 N–H and O–H groups in total. The molecule has 6 nitrogen and oxygen atoms in total. The molecule has 0 bridgehead atoms. The first kappa shape index (κ1) is 61.0. The van der Waals surface area contributed by atoms with Crippen molar-refractivity contribution in [1.29, 1.82) is 0 Å². The highest BCUT2D eigenvalue weighted by Crippen LogP contribution is 2.10. The summed E-state index contributed by atoms with van der Waals surface area (Å²) in [6.45, 7) is 6.19. The van der Waals surface area contributed by atoms with E-state index < -0.39 is 12.1 Å². The number of unbranched alkanes of at least 4 members (excludes halogenated alkanes) is 6. The standard InChI is InChI=1S/C60H90O6/c1-4-7-10-13-16-19-22-24-26-28-30-32-34-36-38-41-44-47-50-53-59(62)65-56-57(55-64-58(61)52-49-46-43-40-21-18-15-12-9-6-3)66-60(63)54-51-48-45-42-39-37-35-33-31-29-27-25-23-20-17-14-11-8-5-2/h7-8,10-11,15-20,24-27,30-33,36-39,44-45,47-48,57H,4-6,9,12-14,21-23,28-29,34-35,40-43,46,49-56H2,1-3H3/b10-7-,11-8-,18-15-,19-16-,20-17-,26-24-,27-25-,32-30-,33-31-,38-36-,39-37-,47-44-,48-45-. The molecule has 0 saturated carbocycles. The van der Waals surface area contributed by atoms with Crippen LogP contribution in [0.25, 0.3) is 0 Å². The van der Waals surface area contributed by atoms with Gasteiger partial charge in [0.05, 0.1) is 0 Å². The van der Waals surface area contributed by atoms with Gasteiger partial charge in [-0.3, -0.25) is 14.4 Å². The second kappa shape index (κ2) is 52.7. The van der Waals surface area contributed by atoms with Crippen molar-refractivity contribution in [2.45, 2.75) is 187 Å². The van der Waals surface area contributed by atoms with E-state index in [-0.39, 0.29) is 38.0 Å². The van der Waals surface area contributed by atoms with E-state index in [2.05, 4.69) is 154 Å². The zero-order chi connectivity index (χ0) is 47.9. The lowest BCUT2D eigenvalue weighted by molar-refractivity contribution is -0.166. The minimum absolute atomic E-state index is 0.145. The van der Waals surface area contributed by atoms with Gasteiger partial charge in [-0.25, -0.2) is 0 Å². The number of carbonyl (C=O) groups is 3. The Kier molecular flexibility index (Phi) is 48.7. The number of hydrogen-bond acceptors (Lipinski definition) is 6. The van der Waals surface area contributed by atoms with Gasteiger partial charge in [-0.05, 0) is 116 Å². The fraction of sp³-hybridized carbons (Fsp3) is 0.517. The van der Waals surface area contributed by atoms with E-state index in [1.54, 1.807) is 0 Å². The SMILES string of the molecule is CC/C=C\C/C=C\C/C=C\C/C=C\C/C=C\C/C=C\CCC(=O)OCC(COC(=O)CCCCCC/C=C\CCCC)OC(=O)CC/C=C\C/C=C\C/C=C\C/C=C\C/C=C\C/C=C\CC. The zero-order valence-electron chi connectivity index (χ0n) is 41.6. The molecule has 66 heavy (non-hydrogen) atoms. The van der Waals surface area contributed by atoms with Gasteiger partial charge >= 0.3 is 17.9 Å². The molecule has 0 rings (SSSR count). The van der Waals surface area contributed by atoms with Gasteiger partial charge < -0.3 is 14.2 Å². The van der Waals surface area contributed by atoms with Crippen molar-refractivity contribution < 1.29 is 28.6 Å². The minimum atomic E-state index is -0.860. The van der Waals surface area contributed by atoms with Gasteiger partial charge in [-0.15, -0.1) is 0 Å². The van der Waals surface area contributed by atoms with E-state index in [9.17, 15) is 14.4 Å². The predicted molar refractivity (Wildman–Crippen MR) is 283 cm³/mol. The van der Waals surface area contributed by atoms with Crippen LogP contribution in [-0.4, -0.2) is 37.2 Å². The van der Waals surface area contributed by atoms with Crippen molar-refractivity contribution >= 4 is 17.9 Å². The third kappa shape index (κ3) is 50.0. The van der Waals surface area contributed by atoms with Crippen molar-refractivity contribution in [2.75, 3.05) is 13.2 Å². The first-order valence-corrected chi connectivity index (χ1v) is 25.5.